The zero-order valence-electron chi connectivity index (χ0n) is 13.2. The number of nitrogens with one attached hydrogen (secondary N) is 1. The largest absolute Gasteiger partial charge is 0.573 e. The lowest BCUT2D eigenvalue weighted by molar-refractivity contribution is -0.274. The Balaban J connectivity index is 0.00000156. The van der Waals surface area contributed by atoms with Gasteiger partial charge in [0.05, 0.1) is 6.04 Å². The van der Waals surface area contributed by atoms with Crippen LogP contribution in [0.3, 0.4) is 0 Å². The van der Waals surface area contributed by atoms with E-state index >= 15 is 0 Å². The molecule has 1 atom stereocenters. The van der Waals surface area contributed by atoms with Gasteiger partial charge in [-0.2, -0.15) is 11.3 Å². The van der Waals surface area contributed by atoms with Crippen LogP contribution >= 0.6 is 36.2 Å². The van der Waals surface area contributed by atoms with Crippen LogP contribution in [-0.2, 0) is 0 Å². The molecule has 0 unspecified atom stereocenters. The molecule has 0 radical (unpaired) electrons. The summed E-state index contributed by atoms with van der Waals surface area (Å²) in [5.41, 5.74) is 2.14. The molecule has 1 aromatic heterocycles. The number of benzene rings is 1. The number of hydrogen-bond donors (Lipinski definition) is 1. The first-order chi connectivity index (χ1) is 11.0. The molecule has 1 saturated heterocycles. The Labute approximate surface area is 161 Å². The van der Waals surface area contributed by atoms with E-state index in [9.17, 15) is 13.2 Å². The summed E-state index contributed by atoms with van der Waals surface area (Å²) in [5.74, 6) is -0.189. The summed E-state index contributed by atoms with van der Waals surface area (Å²) in [7, 11) is 0. The first kappa shape index (κ1) is 22.1. The van der Waals surface area contributed by atoms with Crippen LogP contribution in [0.2, 0.25) is 0 Å². The Kier molecular flexibility index (Phi) is 8.50. The van der Waals surface area contributed by atoms with Gasteiger partial charge in [0.1, 0.15) is 5.75 Å². The third-order valence-corrected chi connectivity index (χ3v) is 4.51. The number of alkyl halides is 3. The minimum atomic E-state index is -4.66. The highest BCUT2D eigenvalue weighted by Gasteiger charge is 2.31. The molecule has 2 aromatic rings. The molecule has 1 aliphatic rings. The van der Waals surface area contributed by atoms with Crippen LogP contribution in [0.25, 0.3) is 0 Å². The summed E-state index contributed by atoms with van der Waals surface area (Å²) in [4.78, 5) is 2.35. The molecule has 1 N–H and O–H groups in total. The fourth-order valence-corrected chi connectivity index (χ4v) is 3.52. The van der Waals surface area contributed by atoms with Crippen LogP contribution in [0.15, 0.2) is 41.1 Å². The lowest BCUT2D eigenvalue weighted by atomic mass is 9.99. The monoisotopic (exact) mass is 414 g/mol. The molecule has 1 fully saturated rings. The van der Waals surface area contributed by atoms with Gasteiger partial charge in [0, 0.05) is 26.2 Å². The van der Waals surface area contributed by atoms with E-state index in [4.69, 9.17) is 0 Å². The number of rotatable bonds is 4. The van der Waals surface area contributed by atoms with Gasteiger partial charge in [0.25, 0.3) is 0 Å². The normalized spacial score (nSPS) is 16.4. The fraction of sp³-hybridized carbons (Fsp3) is 0.375. The van der Waals surface area contributed by atoms with Crippen LogP contribution in [0.1, 0.15) is 17.2 Å². The van der Waals surface area contributed by atoms with E-state index in [1.807, 2.05) is 5.38 Å². The van der Waals surface area contributed by atoms with E-state index in [0.29, 0.717) is 0 Å². The second-order valence-corrected chi connectivity index (χ2v) is 6.14. The van der Waals surface area contributed by atoms with Gasteiger partial charge in [0.2, 0.25) is 0 Å². The summed E-state index contributed by atoms with van der Waals surface area (Å²) in [6, 6.07) is 8.31. The average Bonchev–Trinajstić information content (AvgIpc) is 3.03. The van der Waals surface area contributed by atoms with E-state index in [-0.39, 0.29) is 36.6 Å². The smallest absolute Gasteiger partial charge is 0.406 e. The molecular weight excluding hydrogens is 396 g/mol. The van der Waals surface area contributed by atoms with E-state index in [1.54, 1.807) is 23.5 Å². The first-order valence-electron chi connectivity index (χ1n) is 7.35. The van der Waals surface area contributed by atoms with E-state index in [0.717, 1.165) is 31.7 Å². The molecule has 0 bridgehead atoms. The molecule has 3 nitrogen and oxygen atoms in total. The first-order valence-corrected chi connectivity index (χ1v) is 8.30. The van der Waals surface area contributed by atoms with Crippen molar-refractivity contribution < 1.29 is 17.9 Å². The highest BCUT2D eigenvalue weighted by molar-refractivity contribution is 7.08. The van der Waals surface area contributed by atoms with Gasteiger partial charge in [-0.05, 0) is 40.1 Å². The van der Waals surface area contributed by atoms with Crippen LogP contribution < -0.4 is 10.1 Å². The summed E-state index contributed by atoms with van der Waals surface area (Å²) in [6.07, 6.45) is -4.66. The van der Waals surface area contributed by atoms with Crippen molar-refractivity contribution in [3.8, 4) is 5.75 Å². The highest BCUT2D eigenvalue weighted by atomic mass is 35.5. The lowest BCUT2D eigenvalue weighted by Crippen LogP contribution is -2.45. The second-order valence-electron chi connectivity index (χ2n) is 5.36. The van der Waals surface area contributed by atoms with Crippen molar-refractivity contribution in [3.63, 3.8) is 0 Å². The van der Waals surface area contributed by atoms with Gasteiger partial charge in [0.15, 0.2) is 0 Å². The van der Waals surface area contributed by atoms with E-state index < -0.39 is 6.36 Å². The Morgan fingerprint density at radius 1 is 1.00 bits per heavy atom. The minimum Gasteiger partial charge on any atom is -0.406 e. The zero-order valence-corrected chi connectivity index (χ0v) is 15.6. The number of halogens is 5. The van der Waals surface area contributed by atoms with Crippen LogP contribution in [-0.4, -0.2) is 37.4 Å². The number of nitrogens with zero attached hydrogens (tertiary/aromatic N) is 1. The number of piperazine rings is 1. The zero-order chi connectivity index (χ0) is 16.3. The van der Waals surface area contributed by atoms with Gasteiger partial charge < -0.3 is 10.1 Å². The molecule has 2 heterocycles. The summed E-state index contributed by atoms with van der Waals surface area (Å²) in [5, 5.41) is 7.43. The summed E-state index contributed by atoms with van der Waals surface area (Å²) >= 11 is 1.62. The van der Waals surface area contributed by atoms with Gasteiger partial charge in [-0.3, -0.25) is 4.90 Å². The fourth-order valence-electron chi connectivity index (χ4n) is 2.84. The number of hydrogen-bond acceptors (Lipinski definition) is 4. The maximum Gasteiger partial charge on any atom is 0.573 e. The SMILES string of the molecule is Cl.Cl.FC(F)(F)Oc1ccc([C@H](c2ccsc2)N2CCNCC2)cc1. The molecular formula is C16H19Cl2F3N2OS. The molecule has 1 aliphatic heterocycles. The van der Waals surface area contributed by atoms with Crippen molar-refractivity contribution in [3.05, 3.63) is 52.2 Å². The standard InChI is InChI=1S/C16H17F3N2OS.2ClH/c17-16(18,19)22-14-3-1-12(2-4-14)15(13-5-10-23-11-13)21-8-6-20-7-9-21;;/h1-5,10-11,15,20H,6-9H2;2*1H/t15-;;/m1../s1. The lowest BCUT2D eigenvalue weighted by Gasteiger charge is -2.35. The quantitative estimate of drug-likeness (QED) is 0.797. The third-order valence-electron chi connectivity index (χ3n) is 3.81. The number of ether oxygens (including phenoxy) is 1. The molecule has 9 heteroatoms. The van der Waals surface area contributed by atoms with Crippen LogP contribution in [0.5, 0.6) is 5.75 Å². The summed E-state index contributed by atoms with van der Waals surface area (Å²) in [6.45, 7) is 3.63. The second kappa shape index (κ2) is 9.64. The molecule has 140 valence electrons. The van der Waals surface area contributed by atoms with Crippen molar-refractivity contribution in [1.82, 2.24) is 10.2 Å². The average molecular weight is 415 g/mol. The maximum atomic E-state index is 12.3. The predicted octanol–water partition coefficient (Wildman–Crippen LogP) is 4.48. The minimum absolute atomic E-state index is 0. The molecule has 3 rings (SSSR count). The molecule has 25 heavy (non-hydrogen) atoms. The number of thiophene rings is 1. The van der Waals surface area contributed by atoms with Gasteiger partial charge in [-0.25, -0.2) is 0 Å². The van der Waals surface area contributed by atoms with Crippen LogP contribution in [0, 0.1) is 0 Å². The van der Waals surface area contributed by atoms with Crippen molar-refractivity contribution in [2.75, 3.05) is 26.2 Å². The maximum absolute atomic E-state index is 12.3. The van der Waals surface area contributed by atoms with Gasteiger partial charge >= 0.3 is 6.36 Å². The molecule has 0 aliphatic carbocycles. The molecule has 0 saturated carbocycles. The van der Waals surface area contributed by atoms with Crippen molar-refractivity contribution in [1.29, 1.82) is 0 Å². The summed E-state index contributed by atoms with van der Waals surface area (Å²) < 4.78 is 40.8. The van der Waals surface area contributed by atoms with Crippen molar-refractivity contribution in [2.24, 2.45) is 0 Å². The third kappa shape index (κ3) is 6.04. The Morgan fingerprint density at radius 2 is 1.64 bits per heavy atom. The van der Waals surface area contributed by atoms with Gasteiger partial charge in [-0.1, -0.05) is 12.1 Å². The Bertz CT molecular complexity index is 617. The topological polar surface area (TPSA) is 24.5 Å². The van der Waals surface area contributed by atoms with E-state index in [2.05, 4.69) is 26.4 Å². The van der Waals surface area contributed by atoms with Crippen LogP contribution in [0.4, 0.5) is 13.2 Å². The van der Waals surface area contributed by atoms with Crippen molar-refractivity contribution in [2.45, 2.75) is 12.4 Å². The van der Waals surface area contributed by atoms with Gasteiger partial charge in [-0.15, -0.1) is 38.0 Å². The molecule has 0 spiro atoms. The predicted molar refractivity (Wildman–Crippen MR) is 98.2 cm³/mol. The molecule has 1 aromatic carbocycles. The van der Waals surface area contributed by atoms with Crippen molar-refractivity contribution >= 4 is 36.2 Å². The molecule has 0 amide bonds. The van der Waals surface area contributed by atoms with E-state index in [1.165, 1.54) is 17.7 Å². The Hall–Kier alpha value is -0.990. The highest BCUT2D eigenvalue weighted by Crippen LogP contribution is 2.32. The Morgan fingerprint density at radius 3 is 2.16 bits per heavy atom.